The standard InChI is InChI=1S/C16H30O4.C8H18O2/c1-13(2,3)17-19-15(7,8)11-12-16(9,10)20-18-14(4,5)6;1-7(2,3)9-10-8(4,5)6/h1-10H3;1-6H3. The van der Waals surface area contributed by atoms with Gasteiger partial charge in [-0.3, -0.25) is 0 Å². The first-order chi connectivity index (χ1) is 12.8. The summed E-state index contributed by atoms with van der Waals surface area (Å²) in [5, 5.41) is 0. The van der Waals surface area contributed by atoms with Crippen LogP contribution in [-0.4, -0.2) is 33.6 Å². The van der Waals surface area contributed by atoms with Gasteiger partial charge in [0.2, 0.25) is 0 Å². The molecule has 0 aromatic heterocycles. The molecule has 180 valence electrons. The molecule has 0 N–H and O–H groups in total. The minimum Gasteiger partial charge on any atom is -0.230 e. The summed E-state index contributed by atoms with van der Waals surface area (Å²) in [6.07, 6.45) is 0. The van der Waals surface area contributed by atoms with E-state index in [9.17, 15) is 0 Å². The van der Waals surface area contributed by atoms with Crippen LogP contribution in [-0.2, 0) is 29.3 Å². The largest absolute Gasteiger partial charge is 0.230 e. The maximum absolute atomic E-state index is 5.36. The molecule has 0 atom stereocenters. The number of hydrogen-bond donors (Lipinski definition) is 0. The van der Waals surface area contributed by atoms with Crippen LogP contribution in [0.25, 0.3) is 0 Å². The summed E-state index contributed by atoms with van der Waals surface area (Å²) in [6, 6.07) is 0. The lowest BCUT2D eigenvalue weighted by molar-refractivity contribution is -0.393. The third-order valence-electron chi connectivity index (χ3n) is 2.21. The van der Waals surface area contributed by atoms with E-state index in [-0.39, 0.29) is 22.4 Å². The average molecular weight is 433 g/mol. The summed E-state index contributed by atoms with van der Waals surface area (Å²) in [5.41, 5.74) is -2.63. The summed E-state index contributed by atoms with van der Waals surface area (Å²) in [7, 11) is 0. The minimum absolute atomic E-state index is 0.215. The Labute approximate surface area is 186 Å². The summed E-state index contributed by atoms with van der Waals surface area (Å²) >= 11 is 0. The first-order valence-corrected chi connectivity index (χ1v) is 10.5. The molecule has 0 amide bonds. The number of hydrogen-bond acceptors (Lipinski definition) is 6. The third-order valence-corrected chi connectivity index (χ3v) is 2.21. The SMILES string of the molecule is CC(C)(C)OOC(C)(C)C.CC(C)(C)OOC(C)(C)C#CC(C)(C)OOC(C)(C)C. The second-order valence-corrected chi connectivity index (χ2v) is 12.2. The predicted molar refractivity (Wildman–Crippen MR) is 121 cm³/mol. The van der Waals surface area contributed by atoms with Gasteiger partial charge in [-0.15, -0.1) is 0 Å². The van der Waals surface area contributed by atoms with Gasteiger partial charge in [0.05, 0.1) is 22.4 Å². The lowest BCUT2D eigenvalue weighted by Crippen LogP contribution is -2.32. The Kier molecular flexibility index (Phi) is 11.8. The van der Waals surface area contributed by atoms with Crippen molar-refractivity contribution in [3.8, 4) is 11.8 Å². The molecule has 30 heavy (non-hydrogen) atoms. The van der Waals surface area contributed by atoms with Crippen molar-refractivity contribution in [3.63, 3.8) is 0 Å². The fraction of sp³-hybridized carbons (Fsp3) is 0.917. The van der Waals surface area contributed by atoms with Gasteiger partial charge in [0.25, 0.3) is 0 Å². The van der Waals surface area contributed by atoms with E-state index in [1.807, 2.05) is 111 Å². The molecule has 0 unspecified atom stereocenters. The molecule has 0 radical (unpaired) electrons. The first kappa shape index (κ1) is 31.5. The molecule has 0 fully saturated rings. The molecule has 0 aliphatic carbocycles. The third kappa shape index (κ3) is 25.4. The quantitative estimate of drug-likeness (QED) is 0.278. The highest BCUT2D eigenvalue weighted by Crippen LogP contribution is 2.18. The van der Waals surface area contributed by atoms with E-state index in [0.717, 1.165) is 0 Å². The molecular weight excluding hydrogens is 384 g/mol. The van der Waals surface area contributed by atoms with Gasteiger partial charge in [-0.2, -0.15) is 0 Å². The van der Waals surface area contributed by atoms with Crippen LogP contribution in [0.1, 0.15) is 111 Å². The smallest absolute Gasteiger partial charge is 0.158 e. The Balaban J connectivity index is 0. The second-order valence-electron chi connectivity index (χ2n) is 12.2. The average Bonchev–Trinajstić information content (AvgIpc) is 2.46. The van der Waals surface area contributed by atoms with Gasteiger partial charge in [-0.1, -0.05) is 11.8 Å². The Morgan fingerprint density at radius 1 is 0.300 bits per heavy atom. The Morgan fingerprint density at radius 3 is 0.633 bits per heavy atom. The van der Waals surface area contributed by atoms with Crippen molar-refractivity contribution in [1.29, 1.82) is 0 Å². The van der Waals surface area contributed by atoms with E-state index in [1.165, 1.54) is 0 Å². The van der Waals surface area contributed by atoms with Crippen molar-refractivity contribution in [2.45, 2.75) is 144 Å². The fourth-order valence-corrected chi connectivity index (χ4v) is 1.05. The Bertz CT molecular complexity index is 492. The molecule has 0 aromatic carbocycles. The fourth-order valence-electron chi connectivity index (χ4n) is 1.05. The molecule has 0 aliphatic rings. The number of rotatable bonds is 5. The first-order valence-electron chi connectivity index (χ1n) is 10.5. The summed E-state index contributed by atoms with van der Waals surface area (Å²) in [6.45, 7) is 30.6. The van der Waals surface area contributed by atoms with E-state index < -0.39 is 11.2 Å². The predicted octanol–water partition coefficient (Wildman–Crippen LogP) is 6.57. The second kappa shape index (κ2) is 11.3. The van der Waals surface area contributed by atoms with Crippen LogP contribution in [0.3, 0.4) is 0 Å². The molecule has 0 aliphatic heterocycles. The highest BCUT2D eigenvalue weighted by atomic mass is 17.2. The topological polar surface area (TPSA) is 55.4 Å². The maximum atomic E-state index is 5.36. The van der Waals surface area contributed by atoms with Crippen molar-refractivity contribution in [3.05, 3.63) is 0 Å². The van der Waals surface area contributed by atoms with Crippen LogP contribution >= 0.6 is 0 Å². The van der Waals surface area contributed by atoms with Gasteiger partial charge in [-0.25, -0.2) is 29.3 Å². The normalized spacial score (nSPS) is 13.9. The van der Waals surface area contributed by atoms with Crippen molar-refractivity contribution in [2.75, 3.05) is 0 Å². The molecule has 0 rings (SSSR count). The summed E-state index contributed by atoms with van der Waals surface area (Å²) < 4.78 is 0. The van der Waals surface area contributed by atoms with Crippen LogP contribution < -0.4 is 0 Å². The molecule has 0 heterocycles. The van der Waals surface area contributed by atoms with Gasteiger partial charge in [0.15, 0.2) is 11.2 Å². The minimum atomic E-state index is -0.727. The molecule has 0 saturated heterocycles. The lowest BCUT2D eigenvalue weighted by Gasteiger charge is -2.26. The van der Waals surface area contributed by atoms with Gasteiger partial charge in [-0.05, 0) is 111 Å². The van der Waals surface area contributed by atoms with Crippen molar-refractivity contribution < 1.29 is 29.3 Å². The zero-order valence-electron chi connectivity index (χ0n) is 22.4. The summed E-state index contributed by atoms with van der Waals surface area (Å²) in [4.78, 5) is 31.5. The van der Waals surface area contributed by atoms with E-state index >= 15 is 0 Å². The van der Waals surface area contributed by atoms with Crippen molar-refractivity contribution in [2.24, 2.45) is 0 Å². The van der Waals surface area contributed by atoms with Crippen LogP contribution in [0.15, 0.2) is 0 Å². The molecule has 0 bridgehead atoms. The van der Waals surface area contributed by atoms with Gasteiger partial charge in [0.1, 0.15) is 0 Å². The molecule has 6 nitrogen and oxygen atoms in total. The Morgan fingerprint density at radius 2 is 0.467 bits per heavy atom. The van der Waals surface area contributed by atoms with Crippen LogP contribution in [0.5, 0.6) is 0 Å². The highest BCUT2D eigenvalue weighted by molar-refractivity contribution is 5.17. The van der Waals surface area contributed by atoms with Crippen LogP contribution in [0, 0.1) is 11.8 Å². The Hall–Kier alpha value is -0.680. The summed E-state index contributed by atoms with van der Waals surface area (Å²) in [5.74, 6) is 6.01. The van der Waals surface area contributed by atoms with E-state index in [4.69, 9.17) is 29.3 Å². The molecule has 0 saturated carbocycles. The zero-order valence-corrected chi connectivity index (χ0v) is 22.4. The van der Waals surface area contributed by atoms with Gasteiger partial charge in [0, 0.05) is 0 Å². The van der Waals surface area contributed by atoms with Gasteiger partial charge < -0.3 is 0 Å². The molecule has 6 heteroatoms. The van der Waals surface area contributed by atoms with Crippen LogP contribution in [0.2, 0.25) is 0 Å². The van der Waals surface area contributed by atoms with Crippen LogP contribution in [0.4, 0.5) is 0 Å². The van der Waals surface area contributed by atoms with E-state index in [1.54, 1.807) is 0 Å². The molecule has 0 aromatic rings. The van der Waals surface area contributed by atoms with E-state index in [2.05, 4.69) is 11.8 Å². The molecular formula is C24H48O6. The highest BCUT2D eigenvalue weighted by Gasteiger charge is 2.25. The van der Waals surface area contributed by atoms with Gasteiger partial charge >= 0.3 is 0 Å². The van der Waals surface area contributed by atoms with Crippen molar-refractivity contribution in [1.82, 2.24) is 0 Å². The maximum Gasteiger partial charge on any atom is 0.158 e. The van der Waals surface area contributed by atoms with Crippen molar-refractivity contribution >= 4 is 0 Å². The van der Waals surface area contributed by atoms with E-state index in [0.29, 0.717) is 0 Å². The molecule has 0 spiro atoms. The zero-order chi connectivity index (χ0) is 24.7. The monoisotopic (exact) mass is 432 g/mol. The lowest BCUT2D eigenvalue weighted by atomic mass is 10.1.